The molecular weight excluding hydrogens is 388 g/mol. The lowest BCUT2D eigenvalue weighted by Crippen LogP contribution is -2.48. The Bertz CT molecular complexity index is 869. The van der Waals surface area contributed by atoms with Crippen LogP contribution in [0.25, 0.3) is 10.9 Å². The Balaban J connectivity index is 1.44. The molecule has 1 unspecified atom stereocenters. The van der Waals surface area contributed by atoms with Crippen LogP contribution in [0, 0.1) is 5.92 Å². The van der Waals surface area contributed by atoms with Gasteiger partial charge in [0.15, 0.2) is 0 Å². The number of likely N-dealkylation sites (tertiary alicyclic amines) is 1. The van der Waals surface area contributed by atoms with Crippen molar-refractivity contribution in [1.82, 2.24) is 15.2 Å². The molecule has 0 saturated carbocycles. The fraction of sp³-hybridized carbons (Fsp3) is 0.545. The maximum atomic E-state index is 13.0. The van der Waals surface area contributed by atoms with Gasteiger partial charge in [0.1, 0.15) is 0 Å². The van der Waals surface area contributed by atoms with Crippen molar-refractivity contribution < 1.29 is 9.53 Å². The number of nitrogens with zero attached hydrogens (tertiary/aromatic N) is 2. The van der Waals surface area contributed by atoms with Gasteiger partial charge >= 0.3 is 0 Å². The van der Waals surface area contributed by atoms with Crippen molar-refractivity contribution >= 4 is 34.1 Å². The first-order valence-corrected chi connectivity index (χ1v) is 10.9. The Hall–Kier alpha value is -1.89. The first kappa shape index (κ1) is 20.4. The summed E-state index contributed by atoms with van der Waals surface area (Å²) in [5.41, 5.74) is 7.60. The van der Waals surface area contributed by atoms with Gasteiger partial charge in [-0.15, -0.1) is 0 Å². The number of nitrogens with two attached hydrogens (primary N) is 1. The van der Waals surface area contributed by atoms with Gasteiger partial charge in [0.05, 0.1) is 21.8 Å². The Kier molecular flexibility index (Phi) is 6.53. The third-order valence-corrected chi connectivity index (χ3v) is 6.52. The van der Waals surface area contributed by atoms with E-state index in [1.165, 1.54) is 12.8 Å². The zero-order valence-corrected chi connectivity index (χ0v) is 17.5. The molecule has 156 valence electrons. The molecule has 1 aromatic carbocycles. The van der Waals surface area contributed by atoms with E-state index in [0.29, 0.717) is 45.7 Å². The zero-order valence-electron chi connectivity index (χ0n) is 16.7. The van der Waals surface area contributed by atoms with E-state index in [1.807, 2.05) is 6.07 Å². The number of halogens is 1. The lowest BCUT2D eigenvalue weighted by Gasteiger charge is -2.38. The number of piperidine rings is 1. The molecule has 2 aliphatic heterocycles. The number of hydrogen-bond donors (Lipinski definition) is 2. The molecule has 1 aromatic heterocycles. The summed E-state index contributed by atoms with van der Waals surface area (Å²) < 4.78 is 5.50. The number of amides is 1. The number of fused-ring (bicyclic) bond motifs is 1. The molecule has 0 bridgehead atoms. The van der Waals surface area contributed by atoms with Gasteiger partial charge in [0.25, 0.3) is 5.91 Å². The van der Waals surface area contributed by atoms with E-state index < -0.39 is 0 Å². The SMILES string of the molecule is Nc1c(Cl)cc(C(=O)NCC2CCCCN2CC2CCOCC2)c2ncccc12. The van der Waals surface area contributed by atoms with Gasteiger partial charge in [-0.25, -0.2) is 0 Å². The molecule has 29 heavy (non-hydrogen) atoms. The number of ether oxygens (including phenoxy) is 1. The number of carbonyl (C=O) groups excluding carboxylic acids is 1. The second-order valence-corrected chi connectivity index (χ2v) is 8.54. The van der Waals surface area contributed by atoms with Crippen LogP contribution in [0.3, 0.4) is 0 Å². The van der Waals surface area contributed by atoms with Gasteiger partial charge in [-0.05, 0) is 56.3 Å². The number of nitrogen functional groups attached to an aromatic ring is 1. The Labute approximate surface area is 176 Å². The first-order chi connectivity index (χ1) is 14.1. The molecule has 7 heteroatoms. The third-order valence-electron chi connectivity index (χ3n) is 6.21. The summed E-state index contributed by atoms with van der Waals surface area (Å²) in [6.07, 6.45) is 7.50. The molecule has 0 aliphatic carbocycles. The summed E-state index contributed by atoms with van der Waals surface area (Å²) in [5, 5.41) is 4.23. The van der Waals surface area contributed by atoms with Crippen LogP contribution in [0.4, 0.5) is 5.69 Å². The summed E-state index contributed by atoms with van der Waals surface area (Å²) in [6, 6.07) is 5.64. The van der Waals surface area contributed by atoms with Crippen molar-refractivity contribution in [2.75, 3.05) is 38.6 Å². The van der Waals surface area contributed by atoms with Crippen LogP contribution < -0.4 is 11.1 Å². The molecule has 3 heterocycles. The number of aromatic nitrogens is 1. The van der Waals surface area contributed by atoms with E-state index >= 15 is 0 Å². The average molecular weight is 417 g/mol. The van der Waals surface area contributed by atoms with Crippen molar-refractivity contribution in [1.29, 1.82) is 0 Å². The Morgan fingerprint density at radius 3 is 2.97 bits per heavy atom. The highest BCUT2D eigenvalue weighted by Crippen LogP contribution is 2.30. The fourth-order valence-electron chi connectivity index (χ4n) is 4.51. The lowest BCUT2D eigenvalue weighted by molar-refractivity contribution is 0.0383. The van der Waals surface area contributed by atoms with E-state index in [-0.39, 0.29) is 5.91 Å². The number of rotatable bonds is 5. The molecule has 2 saturated heterocycles. The van der Waals surface area contributed by atoms with Gasteiger partial charge < -0.3 is 15.8 Å². The van der Waals surface area contributed by atoms with E-state index in [2.05, 4.69) is 15.2 Å². The number of pyridine rings is 1. The van der Waals surface area contributed by atoms with Crippen molar-refractivity contribution in [3.05, 3.63) is 35.0 Å². The monoisotopic (exact) mass is 416 g/mol. The highest BCUT2D eigenvalue weighted by atomic mass is 35.5. The summed E-state index contributed by atoms with van der Waals surface area (Å²) in [4.78, 5) is 19.9. The van der Waals surface area contributed by atoms with E-state index in [1.54, 1.807) is 18.3 Å². The van der Waals surface area contributed by atoms with Crippen LogP contribution >= 0.6 is 11.6 Å². The smallest absolute Gasteiger partial charge is 0.253 e. The highest BCUT2D eigenvalue weighted by molar-refractivity contribution is 6.35. The molecule has 2 fully saturated rings. The van der Waals surface area contributed by atoms with Crippen molar-refractivity contribution in [3.8, 4) is 0 Å². The summed E-state index contributed by atoms with van der Waals surface area (Å²) >= 11 is 6.27. The Morgan fingerprint density at radius 2 is 2.14 bits per heavy atom. The van der Waals surface area contributed by atoms with E-state index in [0.717, 1.165) is 45.6 Å². The molecular formula is C22H29ClN4O2. The lowest BCUT2D eigenvalue weighted by atomic mass is 9.95. The van der Waals surface area contributed by atoms with Crippen LogP contribution in [0.15, 0.2) is 24.4 Å². The maximum Gasteiger partial charge on any atom is 0.253 e. The molecule has 0 radical (unpaired) electrons. The average Bonchev–Trinajstić information content (AvgIpc) is 2.76. The predicted octanol–water partition coefficient (Wildman–Crippen LogP) is 3.48. The molecule has 2 aromatic rings. The van der Waals surface area contributed by atoms with Gasteiger partial charge in [-0.3, -0.25) is 14.7 Å². The second-order valence-electron chi connectivity index (χ2n) is 8.13. The highest BCUT2D eigenvalue weighted by Gasteiger charge is 2.27. The first-order valence-electron chi connectivity index (χ1n) is 10.6. The van der Waals surface area contributed by atoms with Crippen LogP contribution in [0.1, 0.15) is 42.5 Å². The topological polar surface area (TPSA) is 80.5 Å². The van der Waals surface area contributed by atoms with Gasteiger partial charge in [-0.2, -0.15) is 0 Å². The van der Waals surface area contributed by atoms with Crippen LogP contribution in [-0.2, 0) is 4.74 Å². The summed E-state index contributed by atoms with van der Waals surface area (Å²) in [7, 11) is 0. The largest absolute Gasteiger partial charge is 0.397 e. The Morgan fingerprint density at radius 1 is 1.31 bits per heavy atom. The predicted molar refractivity (Wildman–Crippen MR) is 116 cm³/mol. The molecule has 1 amide bonds. The number of anilines is 1. The van der Waals surface area contributed by atoms with Crippen LogP contribution in [0.5, 0.6) is 0 Å². The molecule has 4 rings (SSSR count). The normalized spacial score (nSPS) is 21.3. The van der Waals surface area contributed by atoms with Crippen LogP contribution in [-0.4, -0.2) is 54.7 Å². The zero-order chi connectivity index (χ0) is 20.2. The van der Waals surface area contributed by atoms with E-state index in [9.17, 15) is 4.79 Å². The second kappa shape index (κ2) is 9.28. The van der Waals surface area contributed by atoms with Crippen molar-refractivity contribution in [2.24, 2.45) is 5.92 Å². The number of hydrogen-bond acceptors (Lipinski definition) is 5. The van der Waals surface area contributed by atoms with Crippen molar-refractivity contribution in [3.63, 3.8) is 0 Å². The standard InChI is InChI=1S/C22H29ClN4O2/c23-19-12-18(21-17(20(19)24)5-3-8-25-21)22(28)26-13-16-4-1-2-9-27(16)14-15-6-10-29-11-7-15/h3,5,8,12,15-16H,1-2,4,6-7,9-11,13-14,24H2,(H,26,28). The number of carbonyl (C=O) groups is 1. The molecule has 3 N–H and O–H groups in total. The van der Waals surface area contributed by atoms with Gasteiger partial charge in [-0.1, -0.05) is 18.0 Å². The molecule has 2 aliphatic rings. The summed E-state index contributed by atoms with van der Waals surface area (Å²) in [6.45, 7) is 4.59. The van der Waals surface area contributed by atoms with Gasteiger partial charge in [0, 0.05) is 43.9 Å². The van der Waals surface area contributed by atoms with E-state index in [4.69, 9.17) is 22.1 Å². The third kappa shape index (κ3) is 4.65. The maximum absolute atomic E-state index is 13.0. The minimum atomic E-state index is -0.146. The summed E-state index contributed by atoms with van der Waals surface area (Å²) in [5.74, 6) is 0.552. The van der Waals surface area contributed by atoms with Crippen molar-refractivity contribution in [2.45, 2.75) is 38.1 Å². The minimum Gasteiger partial charge on any atom is -0.397 e. The molecule has 0 spiro atoms. The number of nitrogens with one attached hydrogen (secondary N) is 1. The minimum absolute atomic E-state index is 0.146. The fourth-order valence-corrected chi connectivity index (χ4v) is 4.72. The molecule has 6 nitrogen and oxygen atoms in total. The van der Waals surface area contributed by atoms with Crippen LogP contribution in [0.2, 0.25) is 5.02 Å². The number of benzene rings is 1. The van der Waals surface area contributed by atoms with Gasteiger partial charge in [0.2, 0.25) is 0 Å². The molecule has 1 atom stereocenters. The quantitative estimate of drug-likeness (QED) is 0.729.